The van der Waals surface area contributed by atoms with E-state index >= 15 is 0 Å². The quantitative estimate of drug-likeness (QED) is 0.726. The molecule has 0 aromatic heterocycles. The van der Waals surface area contributed by atoms with E-state index in [9.17, 15) is 0 Å². The lowest BCUT2D eigenvalue weighted by Gasteiger charge is -2.18. The number of nitrogens with one attached hydrogen (secondary N) is 1. The van der Waals surface area contributed by atoms with E-state index in [2.05, 4.69) is 49.5 Å². The zero-order chi connectivity index (χ0) is 13.2. The number of benzene rings is 1. The molecule has 0 aliphatic heterocycles. The molecule has 0 fully saturated rings. The minimum absolute atomic E-state index is 0.658. The summed E-state index contributed by atoms with van der Waals surface area (Å²) in [4.78, 5) is 0. The van der Waals surface area contributed by atoms with Gasteiger partial charge in [0.25, 0.3) is 0 Å². The molecule has 0 aliphatic rings. The Labute approximate surface area is 112 Å². The topological polar surface area (TPSA) is 21.3 Å². The van der Waals surface area contributed by atoms with Gasteiger partial charge in [0.15, 0.2) is 0 Å². The lowest BCUT2D eigenvalue weighted by molar-refractivity contribution is 0.176. The minimum Gasteiger partial charge on any atom is -0.385 e. The SMILES string of the molecule is COCCC(CNCC(C)C)Cc1ccccc1. The van der Waals surface area contributed by atoms with E-state index in [-0.39, 0.29) is 0 Å². The third-order valence-electron chi connectivity index (χ3n) is 3.08. The van der Waals surface area contributed by atoms with Crippen molar-refractivity contribution < 1.29 is 4.74 Å². The first-order valence-corrected chi connectivity index (χ1v) is 6.96. The first kappa shape index (κ1) is 15.2. The van der Waals surface area contributed by atoms with Crippen LogP contribution in [0, 0.1) is 11.8 Å². The van der Waals surface area contributed by atoms with Crippen molar-refractivity contribution in [1.82, 2.24) is 5.32 Å². The van der Waals surface area contributed by atoms with E-state index < -0.39 is 0 Å². The van der Waals surface area contributed by atoms with Crippen LogP contribution in [0.1, 0.15) is 25.8 Å². The minimum atomic E-state index is 0.658. The molecular weight excluding hydrogens is 222 g/mol. The summed E-state index contributed by atoms with van der Waals surface area (Å²) in [5, 5.41) is 3.56. The summed E-state index contributed by atoms with van der Waals surface area (Å²) in [5.74, 6) is 1.37. The van der Waals surface area contributed by atoms with E-state index in [1.165, 1.54) is 5.56 Å². The van der Waals surface area contributed by atoms with Gasteiger partial charge in [-0.3, -0.25) is 0 Å². The largest absolute Gasteiger partial charge is 0.385 e. The van der Waals surface area contributed by atoms with Gasteiger partial charge in [0.2, 0.25) is 0 Å². The molecule has 0 aliphatic carbocycles. The molecule has 0 saturated carbocycles. The van der Waals surface area contributed by atoms with Crippen LogP contribution in [0.5, 0.6) is 0 Å². The summed E-state index contributed by atoms with van der Waals surface area (Å²) < 4.78 is 5.21. The second-order valence-corrected chi connectivity index (χ2v) is 5.39. The maximum absolute atomic E-state index is 5.21. The molecule has 102 valence electrons. The Morgan fingerprint density at radius 2 is 1.83 bits per heavy atom. The zero-order valence-corrected chi connectivity index (χ0v) is 12.0. The van der Waals surface area contributed by atoms with Gasteiger partial charge in [0.1, 0.15) is 0 Å². The molecule has 18 heavy (non-hydrogen) atoms. The van der Waals surface area contributed by atoms with Crippen LogP contribution in [-0.2, 0) is 11.2 Å². The molecule has 1 aromatic carbocycles. The van der Waals surface area contributed by atoms with E-state index in [0.717, 1.165) is 32.5 Å². The van der Waals surface area contributed by atoms with Crippen LogP contribution in [0.25, 0.3) is 0 Å². The summed E-state index contributed by atoms with van der Waals surface area (Å²) in [6.45, 7) is 7.51. The molecule has 0 spiro atoms. The van der Waals surface area contributed by atoms with Gasteiger partial charge in [-0.25, -0.2) is 0 Å². The van der Waals surface area contributed by atoms with Gasteiger partial charge >= 0.3 is 0 Å². The average Bonchev–Trinajstić information content (AvgIpc) is 2.36. The second-order valence-electron chi connectivity index (χ2n) is 5.39. The molecule has 1 unspecified atom stereocenters. The summed E-state index contributed by atoms with van der Waals surface area (Å²) in [6, 6.07) is 10.7. The number of ether oxygens (including phenoxy) is 1. The van der Waals surface area contributed by atoms with Gasteiger partial charge in [-0.1, -0.05) is 44.2 Å². The van der Waals surface area contributed by atoms with E-state index in [1.54, 1.807) is 7.11 Å². The summed E-state index contributed by atoms with van der Waals surface area (Å²) in [5.41, 5.74) is 1.42. The van der Waals surface area contributed by atoms with Crippen LogP contribution in [0.15, 0.2) is 30.3 Å². The number of hydrogen-bond donors (Lipinski definition) is 1. The first-order valence-electron chi connectivity index (χ1n) is 6.96. The summed E-state index contributed by atoms with van der Waals surface area (Å²) in [6.07, 6.45) is 2.26. The van der Waals surface area contributed by atoms with E-state index in [1.807, 2.05) is 0 Å². The van der Waals surface area contributed by atoms with Crippen LogP contribution < -0.4 is 5.32 Å². The normalized spacial score (nSPS) is 12.9. The number of methoxy groups -OCH3 is 1. The Morgan fingerprint density at radius 3 is 2.44 bits per heavy atom. The van der Waals surface area contributed by atoms with Gasteiger partial charge in [0.05, 0.1) is 0 Å². The van der Waals surface area contributed by atoms with Crippen molar-refractivity contribution in [3.05, 3.63) is 35.9 Å². The Bertz CT molecular complexity index is 297. The Morgan fingerprint density at radius 1 is 1.11 bits per heavy atom. The monoisotopic (exact) mass is 249 g/mol. The second kappa shape index (κ2) is 9.12. The molecule has 2 nitrogen and oxygen atoms in total. The van der Waals surface area contributed by atoms with Crippen LogP contribution >= 0.6 is 0 Å². The highest BCUT2D eigenvalue weighted by Crippen LogP contribution is 2.12. The van der Waals surface area contributed by atoms with Crippen LogP contribution in [0.4, 0.5) is 0 Å². The van der Waals surface area contributed by atoms with Crippen LogP contribution in [0.2, 0.25) is 0 Å². The molecule has 0 heterocycles. The number of rotatable bonds is 9. The Balaban J connectivity index is 2.39. The van der Waals surface area contributed by atoms with Crippen molar-refractivity contribution >= 4 is 0 Å². The van der Waals surface area contributed by atoms with Gasteiger partial charge in [-0.2, -0.15) is 0 Å². The molecule has 0 saturated heterocycles. The molecule has 1 rings (SSSR count). The highest BCUT2D eigenvalue weighted by Gasteiger charge is 2.09. The first-order chi connectivity index (χ1) is 8.72. The van der Waals surface area contributed by atoms with Gasteiger partial charge < -0.3 is 10.1 Å². The van der Waals surface area contributed by atoms with E-state index in [0.29, 0.717) is 11.8 Å². The molecular formula is C16H27NO. The van der Waals surface area contributed by atoms with Crippen molar-refractivity contribution in [2.45, 2.75) is 26.7 Å². The standard InChI is InChI=1S/C16H27NO/c1-14(2)12-17-13-16(9-10-18-3)11-15-7-5-4-6-8-15/h4-8,14,16-17H,9-13H2,1-3H3. The van der Waals surface area contributed by atoms with Crippen LogP contribution in [-0.4, -0.2) is 26.8 Å². The third kappa shape index (κ3) is 6.77. The molecule has 1 aromatic rings. The highest BCUT2D eigenvalue weighted by molar-refractivity contribution is 5.15. The third-order valence-corrected chi connectivity index (χ3v) is 3.08. The average molecular weight is 249 g/mol. The van der Waals surface area contributed by atoms with E-state index in [4.69, 9.17) is 4.74 Å². The fourth-order valence-corrected chi connectivity index (χ4v) is 2.08. The molecule has 2 heteroatoms. The summed E-state index contributed by atoms with van der Waals surface area (Å²) in [7, 11) is 1.78. The summed E-state index contributed by atoms with van der Waals surface area (Å²) >= 11 is 0. The van der Waals surface area contributed by atoms with Gasteiger partial charge in [-0.15, -0.1) is 0 Å². The van der Waals surface area contributed by atoms with Crippen molar-refractivity contribution in [1.29, 1.82) is 0 Å². The fourth-order valence-electron chi connectivity index (χ4n) is 2.08. The molecule has 1 atom stereocenters. The predicted octanol–water partition coefficient (Wildman–Crippen LogP) is 3.13. The van der Waals surface area contributed by atoms with Gasteiger partial charge in [0, 0.05) is 13.7 Å². The van der Waals surface area contributed by atoms with Gasteiger partial charge in [-0.05, 0) is 43.3 Å². The molecule has 0 radical (unpaired) electrons. The maximum Gasteiger partial charge on any atom is 0.0465 e. The van der Waals surface area contributed by atoms with Crippen LogP contribution in [0.3, 0.4) is 0 Å². The Kier molecular flexibility index (Phi) is 7.70. The van der Waals surface area contributed by atoms with Crippen molar-refractivity contribution in [2.24, 2.45) is 11.8 Å². The molecule has 1 N–H and O–H groups in total. The predicted molar refractivity (Wildman–Crippen MR) is 77.8 cm³/mol. The lowest BCUT2D eigenvalue weighted by Crippen LogP contribution is -2.28. The molecule has 0 bridgehead atoms. The van der Waals surface area contributed by atoms with Crippen molar-refractivity contribution in [3.8, 4) is 0 Å². The van der Waals surface area contributed by atoms with Crippen molar-refractivity contribution in [2.75, 3.05) is 26.8 Å². The highest BCUT2D eigenvalue weighted by atomic mass is 16.5. The molecule has 0 amide bonds. The number of hydrogen-bond acceptors (Lipinski definition) is 2. The Hall–Kier alpha value is -0.860. The maximum atomic E-state index is 5.21. The lowest BCUT2D eigenvalue weighted by atomic mass is 9.96. The smallest absolute Gasteiger partial charge is 0.0465 e. The van der Waals surface area contributed by atoms with Crippen molar-refractivity contribution in [3.63, 3.8) is 0 Å². The zero-order valence-electron chi connectivity index (χ0n) is 12.0. The fraction of sp³-hybridized carbons (Fsp3) is 0.625.